The van der Waals surface area contributed by atoms with Crippen molar-refractivity contribution in [2.75, 3.05) is 19.6 Å². The summed E-state index contributed by atoms with van der Waals surface area (Å²) in [7, 11) is 0. The Morgan fingerprint density at radius 1 is 1.35 bits per heavy atom. The van der Waals surface area contributed by atoms with Gasteiger partial charge in [-0.15, -0.1) is 0 Å². The quantitative estimate of drug-likeness (QED) is 0.469. The zero-order valence-electron chi connectivity index (χ0n) is 13.3. The minimum Gasteiger partial charge on any atom is -0.475 e. The number of hydrogen-bond donors (Lipinski definition) is 4. The Morgan fingerprint density at radius 3 is 2.19 bits per heavy atom. The monoisotopic (exact) mass is 391 g/mol. The van der Waals surface area contributed by atoms with E-state index in [-0.39, 0.29) is 18.2 Å². The van der Waals surface area contributed by atoms with Gasteiger partial charge in [-0.25, -0.2) is 13.6 Å². The highest BCUT2D eigenvalue weighted by Crippen LogP contribution is 2.27. The van der Waals surface area contributed by atoms with E-state index in [2.05, 4.69) is 5.32 Å². The van der Waals surface area contributed by atoms with Gasteiger partial charge in [-0.1, -0.05) is 0 Å². The Kier molecular flexibility index (Phi) is 6.88. The third kappa shape index (κ3) is 6.05. The Morgan fingerprint density at radius 2 is 1.85 bits per heavy atom. The van der Waals surface area contributed by atoms with E-state index >= 15 is 0 Å². The van der Waals surface area contributed by atoms with Crippen molar-refractivity contribution in [3.8, 4) is 0 Å². The van der Waals surface area contributed by atoms with Crippen LogP contribution in [0.1, 0.15) is 12.8 Å². The van der Waals surface area contributed by atoms with Crippen LogP contribution in [-0.4, -0.2) is 76.8 Å². The van der Waals surface area contributed by atoms with Crippen molar-refractivity contribution < 1.29 is 46.5 Å². The fourth-order valence-electron chi connectivity index (χ4n) is 2.37. The van der Waals surface area contributed by atoms with E-state index in [9.17, 15) is 36.6 Å². The summed E-state index contributed by atoms with van der Waals surface area (Å²) >= 11 is 0. The molecule has 2 rings (SSSR count). The van der Waals surface area contributed by atoms with Gasteiger partial charge < -0.3 is 26.2 Å². The predicted molar refractivity (Wildman–Crippen MR) is 74.9 cm³/mol. The van der Waals surface area contributed by atoms with Gasteiger partial charge in [0, 0.05) is 18.5 Å². The molecule has 0 aliphatic carbocycles. The lowest BCUT2D eigenvalue weighted by molar-refractivity contribution is -0.192. The molecule has 2 aliphatic rings. The van der Waals surface area contributed by atoms with Crippen LogP contribution in [0.15, 0.2) is 0 Å². The Bertz CT molecular complexity index is 549. The molecular formula is C13H18F5N3O5. The number of aliphatic hydroxyl groups excluding tert-OH is 1. The Labute approximate surface area is 144 Å². The van der Waals surface area contributed by atoms with Crippen molar-refractivity contribution in [2.24, 2.45) is 11.7 Å². The van der Waals surface area contributed by atoms with Gasteiger partial charge in [0.2, 0.25) is 5.91 Å². The van der Waals surface area contributed by atoms with Crippen LogP contribution in [0.5, 0.6) is 0 Å². The molecule has 0 aromatic heterocycles. The van der Waals surface area contributed by atoms with Crippen LogP contribution in [0.25, 0.3) is 0 Å². The standard InChI is InChI=1S/C11H17F2N3O3.C2HF3O2/c12-11(13)4-16(5-11)10(19)8(17)7(14)3-6-1-2-15-9(6)18;3-2(4,5)1(6)7/h6-8,17H,1-5,14H2,(H,15,18);(H,6,7)/t6-,7?,8?;/m0./s1. The molecule has 2 fully saturated rings. The number of carbonyl (C=O) groups excluding carboxylic acids is 2. The van der Waals surface area contributed by atoms with Crippen LogP contribution in [0.4, 0.5) is 22.0 Å². The number of alkyl halides is 5. The number of nitrogens with two attached hydrogens (primary N) is 1. The molecule has 2 aliphatic heterocycles. The molecule has 8 nitrogen and oxygen atoms in total. The number of amides is 2. The second kappa shape index (κ2) is 8.12. The van der Waals surface area contributed by atoms with Crippen molar-refractivity contribution in [2.45, 2.75) is 37.1 Å². The average Bonchev–Trinajstić information content (AvgIpc) is 2.88. The summed E-state index contributed by atoms with van der Waals surface area (Å²) < 4.78 is 57.0. The maximum Gasteiger partial charge on any atom is 0.490 e. The molecule has 0 aromatic rings. The van der Waals surface area contributed by atoms with Crippen LogP contribution in [0.2, 0.25) is 0 Å². The minimum atomic E-state index is -5.08. The summed E-state index contributed by atoms with van der Waals surface area (Å²) in [5.74, 6) is -6.89. The van der Waals surface area contributed by atoms with E-state index in [1.807, 2.05) is 0 Å². The fourth-order valence-corrected chi connectivity index (χ4v) is 2.37. The first-order valence-corrected chi connectivity index (χ1v) is 7.42. The van der Waals surface area contributed by atoms with Gasteiger partial charge in [0.05, 0.1) is 13.1 Å². The van der Waals surface area contributed by atoms with Crippen molar-refractivity contribution in [1.82, 2.24) is 10.2 Å². The van der Waals surface area contributed by atoms with Crippen molar-refractivity contribution in [1.29, 1.82) is 0 Å². The third-order valence-electron chi connectivity index (χ3n) is 3.78. The van der Waals surface area contributed by atoms with Crippen LogP contribution in [-0.2, 0) is 14.4 Å². The van der Waals surface area contributed by atoms with Crippen LogP contribution in [0, 0.1) is 5.92 Å². The molecule has 2 heterocycles. The number of carboxylic acids is 1. The summed E-state index contributed by atoms with van der Waals surface area (Å²) in [5, 5.41) is 19.5. The molecule has 0 bridgehead atoms. The van der Waals surface area contributed by atoms with E-state index in [4.69, 9.17) is 15.6 Å². The van der Waals surface area contributed by atoms with Gasteiger partial charge >= 0.3 is 12.1 Å². The lowest BCUT2D eigenvalue weighted by atomic mass is 9.94. The largest absolute Gasteiger partial charge is 0.490 e. The second-order valence-corrected chi connectivity index (χ2v) is 5.97. The van der Waals surface area contributed by atoms with E-state index < -0.39 is 49.2 Å². The van der Waals surface area contributed by atoms with Gasteiger partial charge in [-0.2, -0.15) is 13.2 Å². The predicted octanol–water partition coefficient (Wildman–Crippen LogP) is -0.688. The van der Waals surface area contributed by atoms with Gasteiger partial charge in [-0.3, -0.25) is 9.59 Å². The zero-order valence-corrected chi connectivity index (χ0v) is 13.3. The van der Waals surface area contributed by atoms with Crippen molar-refractivity contribution >= 4 is 17.8 Å². The number of aliphatic carboxylic acids is 1. The SMILES string of the molecule is NC(C[C@@H]1CCNC1=O)C(O)C(=O)N1CC(F)(F)C1.O=C(O)C(F)(F)F. The molecule has 2 saturated heterocycles. The van der Waals surface area contributed by atoms with Crippen LogP contribution in [0.3, 0.4) is 0 Å². The molecule has 0 aromatic carbocycles. The molecule has 26 heavy (non-hydrogen) atoms. The molecule has 150 valence electrons. The van der Waals surface area contributed by atoms with E-state index in [1.54, 1.807) is 0 Å². The van der Waals surface area contributed by atoms with Gasteiger partial charge in [0.1, 0.15) is 6.10 Å². The highest BCUT2D eigenvalue weighted by atomic mass is 19.4. The summed E-state index contributed by atoms with van der Waals surface area (Å²) in [6, 6.07) is -0.921. The number of nitrogens with zero attached hydrogens (tertiary/aromatic N) is 1. The maximum atomic E-state index is 12.6. The topological polar surface area (TPSA) is 133 Å². The first kappa shape index (κ1) is 22.0. The van der Waals surface area contributed by atoms with Gasteiger partial charge in [0.15, 0.2) is 0 Å². The molecule has 3 atom stereocenters. The molecule has 2 unspecified atom stereocenters. The fraction of sp³-hybridized carbons (Fsp3) is 0.769. The third-order valence-corrected chi connectivity index (χ3v) is 3.78. The maximum absolute atomic E-state index is 12.6. The first-order chi connectivity index (χ1) is 11.7. The lowest BCUT2D eigenvalue weighted by Gasteiger charge is -2.40. The summed E-state index contributed by atoms with van der Waals surface area (Å²) in [5.41, 5.74) is 5.68. The molecule has 0 radical (unpaired) electrons. The van der Waals surface area contributed by atoms with Gasteiger partial charge in [0.25, 0.3) is 11.8 Å². The number of nitrogens with one attached hydrogen (secondary N) is 1. The lowest BCUT2D eigenvalue weighted by Crippen LogP contribution is -2.62. The van der Waals surface area contributed by atoms with Crippen molar-refractivity contribution in [3.63, 3.8) is 0 Å². The highest BCUT2D eigenvalue weighted by molar-refractivity contribution is 5.83. The number of aliphatic hydroxyl groups is 1. The number of carboxylic acid groups (broad SMARTS) is 1. The summed E-state index contributed by atoms with van der Waals surface area (Å²) in [6.07, 6.45) is -5.84. The number of halogens is 5. The highest BCUT2D eigenvalue weighted by Gasteiger charge is 2.48. The first-order valence-electron chi connectivity index (χ1n) is 7.42. The molecule has 2 amide bonds. The number of carbonyl (C=O) groups is 3. The smallest absolute Gasteiger partial charge is 0.475 e. The Balaban J connectivity index is 0.000000412. The Hall–Kier alpha value is -2.02. The molecule has 5 N–H and O–H groups in total. The second-order valence-electron chi connectivity index (χ2n) is 5.97. The molecular weight excluding hydrogens is 373 g/mol. The molecule has 13 heteroatoms. The normalized spacial score (nSPS) is 23.9. The average molecular weight is 391 g/mol. The van der Waals surface area contributed by atoms with Crippen LogP contribution >= 0.6 is 0 Å². The number of likely N-dealkylation sites (tertiary alicyclic amines) is 1. The zero-order chi connectivity index (χ0) is 20.3. The molecule has 0 saturated carbocycles. The van der Waals surface area contributed by atoms with Gasteiger partial charge in [-0.05, 0) is 12.8 Å². The van der Waals surface area contributed by atoms with Crippen molar-refractivity contribution in [3.05, 3.63) is 0 Å². The summed E-state index contributed by atoms with van der Waals surface area (Å²) in [4.78, 5) is 32.8. The van der Waals surface area contributed by atoms with E-state index in [0.29, 0.717) is 13.0 Å². The van der Waals surface area contributed by atoms with E-state index in [1.165, 1.54) is 0 Å². The number of rotatable bonds is 4. The molecule has 0 spiro atoms. The van der Waals surface area contributed by atoms with E-state index in [0.717, 1.165) is 4.90 Å². The number of hydrogen-bond acceptors (Lipinski definition) is 5. The summed E-state index contributed by atoms with van der Waals surface area (Å²) in [6.45, 7) is -0.808. The minimum absolute atomic E-state index is 0.148. The van der Waals surface area contributed by atoms with Crippen LogP contribution < -0.4 is 11.1 Å².